The normalized spacial score (nSPS) is 11.4. The third-order valence-corrected chi connectivity index (χ3v) is 2.82. The minimum Gasteiger partial charge on any atom is -0.372 e. The number of hydrogen-bond donors (Lipinski definition) is 2. The summed E-state index contributed by atoms with van der Waals surface area (Å²) in [7, 11) is 0. The molecule has 2 rings (SSSR count). The van der Waals surface area contributed by atoms with Crippen LogP contribution in [0, 0.1) is 0 Å². The minimum absolute atomic E-state index is 0.370. The summed E-state index contributed by atoms with van der Waals surface area (Å²) in [6.45, 7) is 3.54. The van der Waals surface area contributed by atoms with Crippen LogP contribution in [-0.2, 0) is 4.79 Å². The maximum Gasteiger partial charge on any atom is 0.242 e. The number of amides is 1. The Balaban J connectivity index is 2.34. The number of carbonyl (C=O) groups excluding carboxylic acids is 1. The van der Waals surface area contributed by atoms with E-state index in [9.17, 15) is 4.79 Å². The zero-order valence-corrected chi connectivity index (χ0v) is 10.0. The molecule has 1 amide bonds. The van der Waals surface area contributed by atoms with Crippen molar-refractivity contribution in [3.8, 4) is 0 Å². The van der Waals surface area contributed by atoms with E-state index >= 15 is 0 Å². The van der Waals surface area contributed by atoms with Gasteiger partial charge in [0.05, 0.1) is 0 Å². The van der Waals surface area contributed by atoms with Gasteiger partial charge in [-0.05, 0) is 36.8 Å². The zero-order chi connectivity index (χ0) is 12.5. The Labute approximate surface area is 101 Å². The molecule has 3 N–H and O–H groups in total. The van der Waals surface area contributed by atoms with Gasteiger partial charge in [0.1, 0.15) is 5.54 Å². The molecule has 0 atom stereocenters. The Morgan fingerprint density at radius 1 is 1.12 bits per heavy atom. The number of fused-ring (bicyclic) bond motifs is 1. The Kier molecular flexibility index (Phi) is 2.76. The van der Waals surface area contributed by atoms with Crippen LogP contribution in [0.3, 0.4) is 0 Å². The van der Waals surface area contributed by atoms with Crippen molar-refractivity contribution in [1.82, 2.24) is 0 Å². The van der Waals surface area contributed by atoms with Crippen LogP contribution in [0.4, 0.5) is 5.69 Å². The van der Waals surface area contributed by atoms with Crippen LogP contribution in [0.2, 0.25) is 0 Å². The van der Waals surface area contributed by atoms with Crippen LogP contribution in [-0.4, -0.2) is 11.4 Å². The Morgan fingerprint density at radius 3 is 2.41 bits per heavy atom. The Bertz CT molecular complexity index is 561. The first kappa shape index (κ1) is 11.5. The molecule has 0 radical (unpaired) electrons. The fourth-order valence-electron chi connectivity index (χ4n) is 1.69. The maximum atomic E-state index is 11.2. The number of primary amides is 1. The number of anilines is 1. The Hall–Kier alpha value is -2.03. The van der Waals surface area contributed by atoms with Crippen molar-refractivity contribution in [1.29, 1.82) is 0 Å². The maximum absolute atomic E-state index is 11.2. The molecule has 2 aromatic rings. The first-order valence-corrected chi connectivity index (χ1v) is 5.56. The van der Waals surface area contributed by atoms with Gasteiger partial charge in [-0.3, -0.25) is 4.79 Å². The molecule has 17 heavy (non-hydrogen) atoms. The summed E-state index contributed by atoms with van der Waals surface area (Å²) in [6.07, 6.45) is 0. The summed E-state index contributed by atoms with van der Waals surface area (Å²) >= 11 is 0. The molecule has 0 heterocycles. The van der Waals surface area contributed by atoms with Gasteiger partial charge in [-0.25, -0.2) is 0 Å². The van der Waals surface area contributed by atoms with E-state index in [4.69, 9.17) is 5.73 Å². The highest BCUT2D eigenvalue weighted by Crippen LogP contribution is 2.21. The minimum atomic E-state index is -0.748. The van der Waals surface area contributed by atoms with Crippen molar-refractivity contribution >= 4 is 22.4 Å². The van der Waals surface area contributed by atoms with Crippen LogP contribution in [0.1, 0.15) is 13.8 Å². The van der Waals surface area contributed by atoms with Crippen LogP contribution in [0.15, 0.2) is 42.5 Å². The van der Waals surface area contributed by atoms with E-state index in [-0.39, 0.29) is 5.91 Å². The first-order chi connectivity index (χ1) is 7.99. The molecule has 0 bridgehead atoms. The highest BCUT2D eigenvalue weighted by molar-refractivity contribution is 5.89. The predicted octanol–water partition coefficient (Wildman–Crippen LogP) is 2.52. The van der Waals surface area contributed by atoms with Crippen LogP contribution < -0.4 is 11.1 Å². The van der Waals surface area contributed by atoms with Crippen molar-refractivity contribution in [3.05, 3.63) is 42.5 Å². The fraction of sp³-hybridized carbons (Fsp3) is 0.214. The standard InChI is InChI=1S/C14H16N2O/c1-14(2,13(15)17)16-12-8-7-10-5-3-4-6-11(10)9-12/h3-9,16H,1-2H3,(H2,15,17). The van der Waals surface area contributed by atoms with E-state index in [1.165, 1.54) is 5.39 Å². The van der Waals surface area contributed by atoms with Gasteiger partial charge in [-0.1, -0.05) is 30.3 Å². The number of nitrogens with two attached hydrogens (primary N) is 1. The topological polar surface area (TPSA) is 55.1 Å². The molecule has 0 aromatic heterocycles. The predicted molar refractivity (Wildman–Crippen MR) is 70.8 cm³/mol. The van der Waals surface area contributed by atoms with E-state index in [0.717, 1.165) is 11.1 Å². The Morgan fingerprint density at radius 2 is 1.76 bits per heavy atom. The van der Waals surface area contributed by atoms with Crippen LogP contribution in [0.5, 0.6) is 0 Å². The van der Waals surface area contributed by atoms with E-state index in [1.807, 2.05) is 36.4 Å². The molecule has 2 aromatic carbocycles. The number of benzene rings is 2. The molecule has 0 aliphatic heterocycles. The third kappa shape index (κ3) is 2.38. The summed E-state index contributed by atoms with van der Waals surface area (Å²) in [5, 5.41) is 5.45. The number of carbonyl (C=O) groups is 1. The van der Waals surface area contributed by atoms with Crippen LogP contribution in [0.25, 0.3) is 10.8 Å². The molecule has 0 fully saturated rings. The highest BCUT2D eigenvalue weighted by atomic mass is 16.1. The highest BCUT2D eigenvalue weighted by Gasteiger charge is 2.24. The summed E-state index contributed by atoms with van der Waals surface area (Å²) in [5.41, 5.74) is 5.48. The van der Waals surface area contributed by atoms with Crippen molar-refractivity contribution in [2.75, 3.05) is 5.32 Å². The molecule has 0 saturated carbocycles. The van der Waals surface area contributed by atoms with Gasteiger partial charge in [0.15, 0.2) is 0 Å². The summed E-state index contributed by atoms with van der Waals surface area (Å²) in [4.78, 5) is 11.2. The molecule has 0 aliphatic rings. The SMILES string of the molecule is CC(C)(Nc1ccc2ccccc2c1)C(N)=O. The lowest BCUT2D eigenvalue weighted by atomic mass is 10.0. The fourth-order valence-corrected chi connectivity index (χ4v) is 1.69. The van der Waals surface area contributed by atoms with E-state index < -0.39 is 5.54 Å². The first-order valence-electron chi connectivity index (χ1n) is 5.56. The van der Waals surface area contributed by atoms with Gasteiger partial charge in [-0.15, -0.1) is 0 Å². The number of rotatable bonds is 3. The van der Waals surface area contributed by atoms with Gasteiger partial charge in [-0.2, -0.15) is 0 Å². The van der Waals surface area contributed by atoms with Crippen LogP contribution >= 0.6 is 0 Å². The van der Waals surface area contributed by atoms with Gasteiger partial charge >= 0.3 is 0 Å². The average Bonchev–Trinajstić information content (AvgIpc) is 2.28. The smallest absolute Gasteiger partial charge is 0.242 e. The summed E-state index contributed by atoms with van der Waals surface area (Å²) in [5.74, 6) is -0.370. The zero-order valence-electron chi connectivity index (χ0n) is 10.0. The number of hydrogen-bond acceptors (Lipinski definition) is 2. The van der Waals surface area contributed by atoms with Crippen molar-refractivity contribution in [2.45, 2.75) is 19.4 Å². The monoisotopic (exact) mass is 228 g/mol. The molecule has 0 aliphatic carbocycles. The van der Waals surface area contributed by atoms with Gasteiger partial charge in [0.2, 0.25) is 5.91 Å². The largest absolute Gasteiger partial charge is 0.372 e. The van der Waals surface area contributed by atoms with E-state index in [0.29, 0.717) is 0 Å². The van der Waals surface area contributed by atoms with Gasteiger partial charge < -0.3 is 11.1 Å². The van der Waals surface area contributed by atoms with Gasteiger partial charge in [0.25, 0.3) is 0 Å². The molecular weight excluding hydrogens is 212 g/mol. The molecule has 3 heteroatoms. The molecule has 88 valence electrons. The van der Waals surface area contributed by atoms with Crippen molar-refractivity contribution in [2.24, 2.45) is 5.73 Å². The van der Waals surface area contributed by atoms with E-state index in [1.54, 1.807) is 13.8 Å². The average molecular weight is 228 g/mol. The lowest BCUT2D eigenvalue weighted by Crippen LogP contribution is -2.44. The lowest BCUT2D eigenvalue weighted by Gasteiger charge is -2.23. The molecule has 3 nitrogen and oxygen atoms in total. The second-order valence-corrected chi connectivity index (χ2v) is 4.68. The third-order valence-electron chi connectivity index (χ3n) is 2.82. The lowest BCUT2D eigenvalue weighted by molar-refractivity contribution is -0.121. The van der Waals surface area contributed by atoms with Crippen molar-refractivity contribution in [3.63, 3.8) is 0 Å². The van der Waals surface area contributed by atoms with Gasteiger partial charge in [0, 0.05) is 5.69 Å². The summed E-state index contributed by atoms with van der Waals surface area (Å²) < 4.78 is 0. The van der Waals surface area contributed by atoms with Crippen molar-refractivity contribution < 1.29 is 4.79 Å². The quantitative estimate of drug-likeness (QED) is 0.848. The second-order valence-electron chi connectivity index (χ2n) is 4.68. The molecular formula is C14H16N2O. The number of nitrogens with one attached hydrogen (secondary N) is 1. The molecule has 0 unspecified atom stereocenters. The van der Waals surface area contributed by atoms with E-state index in [2.05, 4.69) is 11.4 Å². The summed E-state index contributed by atoms with van der Waals surface area (Å²) in [6, 6.07) is 14.1. The second kappa shape index (κ2) is 4.09. The molecule has 0 spiro atoms. The molecule has 0 saturated heterocycles.